The Hall–Kier alpha value is -1.83. The van der Waals surface area contributed by atoms with Crippen LogP contribution in [-0.4, -0.2) is 30.9 Å². The Balaban J connectivity index is 1.30. The molecule has 0 unspecified atom stereocenters. The van der Waals surface area contributed by atoms with Gasteiger partial charge in [0.15, 0.2) is 11.5 Å². The van der Waals surface area contributed by atoms with Crippen LogP contribution >= 0.6 is 0 Å². The molecule has 2 saturated carbocycles. The first-order chi connectivity index (χ1) is 16.2. The third-order valence-electron chi connectivity index (χ3n) is 10.8. The van der Waals surface area contributed by atoms with Gasteiger partial charge < -0.3 is 14.2 Å². The monoisotopic (exact) mass is 462 g/mol. The summed E-state index contributed by atoms with van der Waals surface area (Å²) in [6.07, 6.45) is 19.8. The maximum absolute atomic E-state index is 12.6. The van der Waals surface area contributed by atoms with Gasteiger partial charge in [-0.2, -0.15) is 0 Å². The smallest absolute Gasteiger partial charge is 0.220 e. The van der Waals surface area contributed by atoms with E-state index in [-0.39, 0.29) is 35.1 Å². The summed E-state index contributed by atoms with van der Waals surface area (Å²) in [7, 11) is 0. The summed E-state index contributed by atoms with van der Waals surface area (Å²) in [6.45, 7) is 10.4. The summed E-state index contributed by atoms with van der Waals surface area (Å²) in [5.41, 5.74) is 1.16. The Morgan fingerprint density at radius 2 is 2.03 bits per heavy atom. The molecular formula is C30H38O4. The van der Waals surface area contributed by atoms with Gasteiger partial charge in [0.05, 0.1) is 12.7 Å². The first-order valence-electron chi connectivity index (χ1n) is 13.3. The standard InChI is InChI=1S/C30H38O4/c1-6-13-32-26-16-29(5)20(14-24(26)31)7-8-21-22(29)10-11-28(4)23(21)15-25-27(28)19(3)30(34-25)12-9-18(2)17-33-30/h1,7-8,14,16,18-19,21-23,25,27H,9-13,15,17H2,2-5H3/t18-,19+,21-,22+,23+,25+,27+,28+,29+,30-/m1/s1. The molecule has 6 rings (SSSR count). The van der Waals surface area contributed by atoms with Gasteiger partial charge in [0, 0.05) is 17.8 Å². The fraction of sp³-hybridized carbons (Fsp3) is 0.700. The molecule has 0 aromatic carbocycles. The maximum Gasteiger partial charge on any atom is 0.220 e. The van der Waals surface area contributed by atoms with Crippen LogP contribution in [0.3, 0.4) is 0 Å². The molecular weight excluding hydrogens is 424 g/mol. The number of allylic oxidation sites excluding steroid dienone is 5. The van der Waals surface area contributed by atoms with Crippen molar-refractivity contribution in [2.24, 2.45) is 46.3 Å². The molecule has 1 spiro atoms. The molecule has 0 bridgehead atoms. The van der Waals surface area contributed by atoms with E-state index in [4.69, 9.17) is 20.6 Å². The lowest BCUT2D eigenvalue weighted by atomic mass is 9.49. The van der Waals surface area contributed by atoms with Gasteiger partial charge in [-0.25, -0.2) is 0 Å². The Labute approximate surface area is 204 Å². The summed E-state index contributed by atoms with van der Waals surface area (Å²) in [5, 5.41) is 0. The average Bonchev–Trinajstić information content (AvgIpc) is 3.25. The summed E-state index contributed by atoms with van der Waals surface area (Å²) in [4.78, 5) is 12.6. The molecule has 2 heterocycles. The highest BCUT2D eigenvalue weighted by Gasteiger charge is 2.68. The van der Waals surface area contributed by atoms with Crippen LogP contribution in [0.25, 0.3) is 0 Å². The highest BCUT2D eigenvalue weighted by Crippen LogP contribution is 2.69. The van der Waals surface area contributed by atoms with Gasteiger partial charge in [0.1, 0.15) is 6.61 Å². The Kier molecular flexibility index (Phi) is 5.05. The molecule has 0 radical (unpaired) electrons. The molecule has 0 aromatic rings. The van der Waals surface area contributed by atoms with Gasteiger partial charge in [-0.3, -0.25) is 4.79 Å². The molecule has 2 saturated heterocycles. The molecule has 34 heavy (non-hydrogen) atoms. The second kappa shape index (κ2) is 7.58. The Morgan fingerprint density at radius 3 is 2.76 bits per heavy atom. The predicted molar refractivity (Wildman–Crippen MR) is 130 cm³/mol. The summed E-state index contributed by atoms with van der Waals surface area (Å²) in [5.74, 6) is 5.57. The van der Waals surface area contributed by atoms with E-state index in [9.17, 15) is 4.79 Å². The zero-order valence-corrected chi connectivity index (χ0v) is 21.0. The molecule has 4 aliphatic carbocycles. The zero-order valence-electron chi connectivity index (χ0n) is 21.0. The highest BCUT2D eigenvalue weighted by molar-refractivity contribution is 6.04. The molecule has 4 nitrogen and oxygen atoms in total. The molecule has 0 amide bonds. The molecule has 10 atom stereocenters. The third-order valence-corrected chi connectivity index (χ3v) is 10.8. The van der Waals surface area contributed by atoms with Crippen LogP contribution in [0.5, 0.6) is 0 Å². The largest absolute Gasteiger partial charge is 0.477 e. The highest BCUT2D eigenvalue weighted by atomic mass is 16.7. The van der Waals surface area contributed by atoms with Gasteiger partial charge in [-0.1, -0.05) is 45.8 Å². The number of carbonyl (C=O) groups is 1. The average molecular weight is 463 g/mol. The number of hydrogen-bond donors (Lipinski definition) is 0. The number of rotatable bonds is 2. The lowest BCUT2D eigenvalue weighted by Gasteiger charge is -2.55. The van der Waals surface area contributed by atoms with Gasteiger partial charge in [0.2, 0.25) is 5.78 Å². The maximum atomic E-state index is 12.6. The fourth-order valence-electron chi connectivity index (χ4n) is 8.97. The molecule has 4 heteroatoms. The van der Waals surface area contributed by atoms with Crippen molar-refractivity contribution in [3.63, 3.8) is 0 Å². The summed E-state index contributed by atoms with van der Waals surface area (Å²) in [6, 6.07) is 0. The van der Waals surface area contributed by atoms with E-state index in [0.29, 0.717) is 41.3 Å². The van der Waals surface area contributed by atoms with Crippen molar-refractivity contribution in [2.45, 2.75) is 71.7 Å². The van der Waals surface area contributed by atoms with E-state index < -0.39 is 0 Å². The van der Waals surface area contributed by atoms with Crippen LogP contribution in [0.15, 0.2) is 35.6 Å². The predicted octanol–water partition coefficient (Wildman–Crippen LogP) is 5.45. The van der Waals surface area contributed by atoms with E-state index >= 15 is 0 Å². The molecule has 0 N–H and O–H groups in total. The van der Waals surface area contributed by atoms with Crippen molar-refractivity contribution in [2.75, 3.05) is 13.2 Å². The van der Waals surface area contributed by atoms with Crippen molar-refractivity contribution >= 4 is 5.78 Å². The number of ether oxygens (including phenoxy) is 3. The zero-order chi connectivity index (χ0) is 23.9. The van der Waals surface area contributed by atoms with Gasteiger partial charge in [-0.05, 0) is 78.4 Å². The molecule has 0 aromatic heterocycles. The minimum Gasteiger partial charge on any atom is -0.477 e. The number of carbonyl (C=O) groups excluding carboxylic acids is 1. The number of ketones is 1. The van der Waals surface area contributed by atoms with E-state index in [0.717, 1.165) is 31.4 Å². The number of terminal acetylenes is 1. The molecule has 2 aliphatic heterocycles. The number of hydrogen-bond acceptors (Lipinski definition) is 4. The van der Waals surface area contributed by atoms with E-state index in [1.165, 1.54) is 12.8 Å². The first-order valence-corrected chi connectivity index (χ1v) is 13.3. The molecule has 4 fully saturated rings. The summed E-state index contributed by atoms with van der Waals surface area (Å²) >= 11 is 0. The van der Waals surface area contributed by atoms with Crippen molar-refractivity contribution in [3.8, 4) is 12.3 Å². The van der Waals surface area contributed by atoms with Crippen LogP contribution in [-0.2, 0) is 19.0 Å². The second-order valence-electron chi connectivity index (χ2n) is 12.4. The number of fused-ring (bicyclic) bond motifs is 7. The first kappa shape index (κ1) is 22.6. The topological polar surface area (TPSA) is 44.8 Å². The SMILES string of the molecule is C#CCOC1=C[C@@]2(C)C(=CC1=O)C=C[C@H]1[C@@H]3C[C@@H]4O[C@]5(CC[C@@H](C)CO5)[C@@H](C)[C@@H]4[C@@]3(C)CC[C@@H]12. The van der Waals surface area contributed by atoms with E-state index in [1.54, 1.807) is 6.08 Å². The van der Waals surface area contributed by atoms with Crippen molar-refractivity contribution in [1.82, 2.24) is 0 Å². The van der Waals surface area contributed by atoms with Crippen LogP contribution in [0.2, 0.25) is 0 Å². The lowest BCUT2D eigenvalue weighted by Crippen LogP contribution is -2.51. The van der Waals surface area contributed by atoms with Gasteiger partial charge >= 0.3 is 0 Å². The van der Waals surface area contributed by atoms with Crippen LogP contribution in [0, 0.1) is 58.7 Å². The third kappa shape index (κ3) is 2.96. The quantitative estimate of drug-likeness (QED) is 0.512. The minimum absolute atomic E-state index is 0.0730. The lowest BCUT2D eigenvalue weighted by molar-refractivity contribution is -0.272. The van der Waals surface area contributed by atoms with Crippen molar-refractivity contribution in [3.05, 3.63) is 35.6 Å². The second-order valence-corrected chi connectivity index (χ2v) is 12.4. The van der Waals surface area contributed by atoms with Gasteiger partial charge in [0.25, 0.3) is 0 Å². The van der Waals surface area contributed by atoms with E-state index in [1.807, 2.05) is 0 Å². The van der Waals surface area contributed by atoms with Gasteiger partial charge in [-0.15, -0.1) is 6.42 Å². The van der Waals surface area contributed by atoms with Crippen LogP contribution in [0.4, 0.5) is 0 Å². The Morgan fingerprint density at radius 1 is 1.21 bits per heavy atom. The Bertz CT molecular complexity index is 1020. The minimum atomic E-state index is -0.368. The molecule has 182 valence electrons. The van der Waals surface area contributed by atoms with Crippen molar-refractivity contribution in [1.29, 1.82) is 0 Å². The van der Waals surface area contributed by atoms with Crippen molar-refractivity contribution < 1.29 is 19.0 Å². The van der Waals surface area contributed by atoms with Crippen LogP contribution < -0.4 is 0 Å². The van der Waals surface area contributed by atoms with Crippen LogP contribution in [0.1, 0.15) is 59.8 Å². The molecule has 6 aliphatic rings. The fourth-order valence-corrected chi connectivity index (χ4v) is 8.97. The van der Waals surface area contributed by atoms with E-state index in [2.05, 4.69) is 51.8 Å². The summed E-state index contributed by atoms with van der Waals surface area (Å²) < 4.78 is 19.0. The normalized spacial score (nSPS) is 51.0.